The molecule has 0 amide bonds. The average molecular weight is 230 g/mol. The summed E-state index contributed by atoms with van der Waals surface area (Å²) in [5.74, 6) is 0. The van der Waals surface area contributed by atoms with Gasteiger partial charge >= 0.3 is 0 Å². The largest absolute Gasteiger partial charge is 0.344 e. The van der Waals surface area contributed by atoms with E-state index in [0.29, 0.717) is 0 Å². The number of aromatic nitrogens is 2. The van der Waals surface area contributed by atoms with Crippen LogP contribution in [0.15, 0.2) is 18.5 Å². The fraction of sp³-hybridized carbons (Fsp3) is 0.533. The normalized spacial score (nSPS) is 11.2. The molecule has 17 heavy (non-hydrogen) atoms. The number of hydrogen-bond donors (Lipinski definition) is 1. The Morgan fingerprint density at radius 3 is 2.59 bits per heavy atom. The minimum atomic E-state index is 1.13. The minimum absolute atomic E-state index is 1.13. The van der Waals surface area contributed by atoms with E-state index >= 15 is 0 Å². The number of nitrogens with zero attached hydrogens (tertiary/aromatic N) is 1. The van der Waals surface area contributed by atoms with Gasteiger partial charge < -0.3 is 4.98 Å². The molecule has 2 aromatic rings. The zero-order valence-corrected chi connectivity index (χ0v) is 10.9. The van der Waals surface area contributed by atoms with Gasteiger partial charge in [0, 0.05) is 0 Å². The van der Waals surface area contributed by atoms with Crippen molar-refractivity contribution in [1.82, 2.24) is 9.97 Å². The summed E-state index contributed by atoms with van der Waals surface area (Å²) < 4.78 is 0. The quantitative estimate of drug-likeness (QED) is 0.789. The van der Waals surface area contributed by atoms with Crippen LogP contribution in [0.4, 0.5) is 0 Å². The Balaban J connectivity index is 2.29. The van der Waals surface area contributed by atoms with Crippen molar-refractivity contribution in [1.29, 1.82) is 0 Å². The van der Waals surface area contributed by atoms with E-state index in [2.05, 4.69) is 35.9 Å². The standard InChI is InChI=1S/C15H22N2/c1-3-5-7-12-9-13(8-6-4-2)15-14(10-12)16-11-17-15/h9-11H,3-8H2,1-2H3,(H,16,17). The molecule has 0 aliphatic carbocycles. The molecule has 0 saturated heterocycles. The number of aryl methyl sites for hydroxylation is 2. The summed E-state index contributed by atoms with van der Waals surface area (Å²) in [7, 11) is 0. The van der Waals surface area contributed by atoms with Gasteiger partial charge in [-0.1, -0.05) is 32.8 Å². The van der Waals surface area contributed by atoms with Gasteiger partial charge in [-0.25, -0.2) is 4.98 Å². The second-order valence-corrected chi connectivity index (χ2v) is 4.76. The molecular weight excluding hydrogens is 208 g/mol. The van der Waals surface area contributed by atoms with E-state index in [0.717, 1.165) is 11.9 Å². The number of fused-ring (bicyclic) bond motifs is 1. The van der Waals surface area contributed by atoms with E-state index in [9.17, 15) is 0 Å². The molecule has 0 unspecified atom stereocenters. The number of H-pyrrole nitrogens is 1. The van der Waals surface area contributed by atoms with Crippen LogP contribution in [0.25, 0.3) is 11.0 Å². The highest BCUT2D eigenvalue weighted by atomic mass is 14.9. The van der Waals surface area contributed by atoms with Crippen LogP contribution in [-0.4, -0.2) is 9.97 Å². The van der Waals surface area contributed by atoms with Crippen LogP contribution < -0.4 is 0 Å². The third-order valence-electron chi connectivity index (χ3n) is 3.29. The molecule has 1 aromatic heterocycles. The molecule has 1 N–H and O–H groups in total. The van der Waals surface area contributed by atoms with Gasteiger partial charge in [0.25, 0.3) is 0 Å². The lowest BCUT2D eigenvalue weighted by Crippen LogP contribution is -1.92. The molecular formula is C15H22N2. The highest BCUT2D eigenvalue weighted by Crippen LogP contribution is 2.21. The maximum Gasteiger partial charge on any atom is 0.0931 e. The number of benzene rings is 1. The van der Waals surface area contributed by atoms with Crippen LogP contribution in [0.3, 0.4) is 0 Å². The third kappa shape index (κ3) is 2.87. The number of imidazole rings is 1. The van der Waals surface area contributed by atoms with Gasteiger partial charge in [0.15, 0.2) is 0 Å². The Morgan fingerprint density at radius 1 is 1.06 bits per heavy atom. The van der Waals surface area contributed by atoms with E-state index in [-0.39, 0.29) is 0 Å². The first kappa shape index (κ1) is 12.2. The van der Waals surface area contributed by atoms with Gasteiger partial charge in [-0.15, -0.1) is 0 Å². The summed E-state index contributed by atoms with van der Waals surface area (Å²) in [6.07, 6.45) is 9.17. The fourth-order valence-corrected chi connectivity index (χ4v) is 2.27. The number of hydrogen-bond acceptors (Lipinski definition) is 1. The lowest BCUT2D eigenvalue weighted by atomic mass is 10.0. The molecule has 0 fully saturated rings. The van der Waals surface area contributed by atoms with Crippen LogP contribution in [0, 0.1) is 0 Å². The van der Waals surface area contributed by atoms with E-state index in [4.69, 9.17) is 0 Å². The van der Waals surface area contributed by atoms with E-state index in [1.54, 1.807) is 0 Å². The summed E-state index contributed by atoms with van der Waals surface area (Å²) in [6.45, 7) is 4.48. The van der Waals surface area contributed by atoms with Crippen LogP contribution >= 0.6 is 0 Å². The summed E-state index contributed by atoms with van der Waals surface area (Å²) >= 11 is 0. The van der Waals surface area contributed by atoms with Crippen molar-refractivity contribution in [2.24, 2.45) is 0 Å². The molecule has 2 nitrogen and oxygen atoms in total. The van der Waals surface area contributed by atoms with Crippen molar-refractivity contribution in [3.63, 3.8) is 0 Å². The Bertz CT molecular complexity index is 471. The van der Waals surface area contributed by atoms with Crippen molar-refractivity contribution < 1.29 is 0 Å². The first-order valence-corrected chi connectivity index (χ1v) is 6.80. The molecule has 2 rings (SSSR count). The van der Waals surface area contributed by atoms with Crippen molar-refractivity contribution in [2.45, 2.75) is 52.4 Å². The molecule has 0 aliphatic heterocycles. The molecule has 1 heterocycles. The monoisotopic (exact) mass is 230 g/mol. The van der Waals surface area contributed by atoms with Gasteiger partial charge in [-0.3, -0.25) is 0 Å². The SMILES string of the molecule is CCCCc1cc(CCCC)c2[nH]cnc2c1. The van der Waals surface area contributed by atoms with E-state index in [1.165, 1.54) is 48.7 Å². The van der Waals surface area contributed by atoms with Gasteiger partial charge in [0.2, 0.25) is 0 Å². The molecule has 0 saturated carbocycles. The molecule has 0 atom stereocenters. The minimum Gasteiger partial charge on any atom is -0.344 e. The topological polar surface area (TPSA) is 28.7 Å². The van der Waals surface area contributed by atoms with Gasteiger partial charge in [0.1, 0.15) is 0 Å². The zero-order chi connectivity index (χ0) is 12.1. The fourth-order valence-electron chi connectivity index (χ4n) is 2.27. The lowest BCUT2D eigenvalue weighted by molar-refractivity contribution is 0.783. The molecule has 0 bridgehead atoms. The van der Waals surface area contributed by atoms with Crippen molar-refractivity contribution in [2.75, 3.05) is 0 Å². The summed E-state index contributed by atoms with van der Waals surface area (Å²) in [6, 6.07) is 4.60. The number of nitrogens with one attached hydrogen (secondary N) is 1. The van der Waals surface area contributed by atoms with Crippen LogP contribution in [0.5, 0.6) is 0 Å². The highest BCUT2D eigenvalue weighted by molar-refractivity contribution is 5.79. The molecule has 1 aromatic carbocycles. The summed E-state index contributed by atoms with van der Waals surface area (Å²) in [4.78, 5) is 7.67. The molecule has 0 aliphatic rings. The first-order valence-electron chi connectivity index (χ1n) is 6.80. The second-order valence-electron chi connectivity index (χ2n) is 4.76. The Kier molecular flexibility index (Phi) is 4.18. The van der Waals surface area contributed by atoms with E-state index < -0.39 is 0 Å². The zero-order valence-electron chi connectivity index (χ0n) is 10.9. The first-order chi connectivity index (χ1) is 8.35. The Morgan fingerprint density at radius 2 is 1.82 bits per heavy atom. The van der Waals surface area contributed by atoms with Crippen LogP contribution in [0.2, 0.25) is 0 Å². The Hall–Kier alpha value is -1.31. The number of aromatic amines is 1. The number of unbranched alkanes of at least 4 members (excludes halogenated alkanes) is 2. The lowest BCUT2D eigenvalue weighted by Gasteiger charge is -2.06. The van der Waals surface area contributed by atoms with Gasteiger partial charge in [0.05, 0.1) is 17.4 Å². The summed E-state index contributed by atoms with van der Waals surface area (Å²) in [5.41, 5.74) is 5.24. The maximum atomic E-state index is 4.40. The predicted octanol–water partition coefficient (Wildman–Crippen LogP) is 4.25. The smallest absolute Gasteiger partial charge is 0.0931 e. The molecule has 92 valence electrons. The number of rotatable bonds is 6. The second kappa shape index (κ2) is 5.85. The summed E-state index contributed by atoms with van der Waals surface area (Å²) in [5, 5.41) is 0. The Labute approximate surface area is 103 Å². The van der Waals surface area contributed by atoms with Crippen molar-refractivity contribution in [3.8, 4) is 0 Å². The van der Waals surface area contributed by atoms with Gasteiger partial charge in [-0.2, -0.15) is 0 Å². The van der Waals surface area contributed by atoms with Crippen LogP contribution in [0.1, 0.15) is 50.7 Å². The van der Waals surface area contributed by atoms with Crippen LogP contribution in [-0.2, 0) is 12.8 Å². The molecule has 2 heteroatoms. The molecule has 0 radical (unpaired) electrons. The van der Waals surface area contributed by atoms with E-state index in [1.807, 2.05) is 6.33 Å². The average Bonchev–Trinajstić information content (AvgIpc) is 2.81. The van der Waals surface area contributed by atoms with Crippen molar-refractivity contribution in [3.05, 3.63) is 29.6 Å². The maximum absolute atomic E-state index is 4.40. The predicted molar refractivity (Wildman–Crippen MR) is 73.3 cm³/mol. The highest BCUT2D eigenvalue weighted by Gasteiger charge is 2.06. The van der Waals surface area contributed by atoms with Crippen molar-refractivity contribution >= 4 is 11.0 Å². The third-order valence-corrected chi connectivity index (χ3v) is 3.29. The molecule has 0 spiro atoms. The van der Waals surface area contributed by atoms with Gasteiger partial charge in [-0.05, 0) is 42.9 Å².